The lowest BCUT2D eigenvalue weighted by Crippen LogP contribution is -2.26. The first-order valence-corrected chi connectivity index (χ1v) is 10.6. The first kappa shape index (κ1) is 23.8. The molecule has 0 saturated carbocycles. The number of methoxy groups -OCH3 is 3. The van der Waals surface area contributed by atoms with E-state index in [1.54, 1.807) is 27.6 Å². The van der Waals surface area contributed by atoms with Crippen LogP contribution in [0.25, 0.3) is 0 Å². The van der Waals surface area contributed by atoms with Crippen LogP contribution in [0.15, 0.2) is 29.6 Å². The van der Waals surface area contributed by atoms with E-state index in [2.05, 4.69) is 27.7 Å². The van der Waals surface area contributed by atoms with Crippen LogP contribution in [-0.2, 0) is 16.0 Å². The van der Waals surface area contributed by atoms with Crippen LogP contribution in [0.3, 0.4) is 0 Å². The molecule has 1 aliphatic rings. The number of ether oxygens (including phenoxy) is 4. The van der Waals surface area contributed by atoms with E-state index in [0.29, 0.717) is 30.9 Å². The number of Topliss-reactive ketones (excluding diaryl/α,β-unsaturated/α-hetero) is 1. The van der Waals surface area contributed by atoms with Crippen LogP contribution in [-0.4, -0.2) is 33.7 Å². The zero-order chi connectivity index (χ0) is 22.5. The minimum atomic E-state index is -0.115. The lowest BCUT2D eigenvalue weighted by atomic mass is 9.71. The summed E-state index contributed by atoms with van der Waals surface area (Å²) in [4.78, 5) is 13.0. The Labute approximate surface area is 181 Å². The Balaban J connectivity index is 2.69. The highest BCUT2D eigenvalue weighted by Gasteiger charge is 2.34. The van der Waals surface area contributed by atoms with Crippen LogP contribution in [0, 0.1) is 5.41 Å². The Morgan fingerprint density at radius 3 is 2.30 bits per heavy atom. The van der Waals surface area contributed by atoms with Gasteiger partial charge in [-0.15, -0.1) is 0 Å². The zero-order valence-electron chi connectivity index (χ0n) is 19.7. The van der Waals surface area contributed by atoms with Crippen molar-refractivity contribution in [1.82, 2.24) is 0 Å². The van der Waals surface area contributed by atoms with Gasteiger partial charge in [-0.05, 0) is 42.4 Å². The van der Waals surface area contributed by atoms with Crippen LogP contribution in [0.2, 0.25) is 0 Å². The SMILES string of the molecule is CCO/C=C\C1=C(Cc2cc(OC)c(C(C)C)c(OC)c2OC)C(=O)CCC1(C)C. The molecule has 1 aromatic carbocycles. The smallest absolute Gasteiger partial charge is 0.168 e. The molecule has 0 fully saturated rings. The standard InChI is InChI=1S/C25H36O5/c1-9-30-13-11-19-18(20(26)10-12-25(19,4)5)14-17-15-21(27-6)22(16(2)3)24(29-8)23(17)28-7/h11,13,15-16H,9-10,12,14H2,1-8H3/b13-11-. The summed E-state index contributed by atoms with van der Waals surface area (Å²) in [5, 5.41) is 0. The summed E-state index contributed by atoms with van der Waals surface area (Å²) >= 11 is 0. The van der Waals surface area contributed by atoms with Gasteiger partial charge in [-0.3, -0.25) is 4.79 Å². The van der Waals surface area contributed by atoms with E-state index in [4.69, 9.17) is 18.9 Å². The summed E-state index contributed by atoms with van der Waals surface area (Å²) < 4.78 is 22.6. The Kier molecular flexibility index (Phi) is 7.99. The van der Waals surface area contributed by atoms with Gasteiger partial charge in [0.2, 0.25) is 0 Å². The number of ketones is 1. The monoisotopic (exact) mass is 416 g/mol. The van der Waals surface area contributed by atoms with Crippen molar-refractivity contribution in [3.05, 3.63) is 40.7 Å². The van der Waals surface area contributed by atoms with Gasteiger partial charge < -0.3 is 18.9 Å². The largest absolute Gasteiger partial charge is 0.501 e. The van der Waals surface area contributed by atoms with Crippen molar-refractivity contribution in [3.8, 4) is 17.2 Å². The van der Waals surface area contributed by atoms with Gasteiger partial charge in [0.1, 0.15) is 5.75 Å². The van der Waals surface area contributed by atoms with Gasteiger partial charge in [-0.2, -0.15) is 0 Å². The number of hydrogen-bond acceptors (Lipinski definition) is 5. The lowest BCUT2D eigenvalue weighted by molar-refractivity contribution is -0.116. The third-order valence-corrected chi connectivity index (χ3v) is 5.75. The van der Waals surface area contributed by atoms with Crippen molar-refractivity contribution in [2.45, 2.75) is 59.8 Å². The molecule has 0 spiro atoms. The second-order valence-corrected chi connectivity index (χ2v) is 8.51. The maximum Gasteiger partial charge on any atom is 0.168 e. The van der Waals surface area contributed by atoms with Crippen LogP contribution >= 0.6 is 0 Å². The zero-order valence-corrected chi connectivity index (χ0v) is 19.7. The molecule has 0 radical (unpaired) electrons. The van der Waals surface area contributed by atoms with Crippen molar-refractivity contribution in [2.75, 3.05) is 27.9 Å². The molecule has 30 heavy (non-hydrogen) atoms. The van der Waals surface area contributed by atoms with Gasteiger partial charge in [0.25, 0.3) is 0 Å². The predicted molar refractivity (Wildman–Crippen MR) is 120 cm³/mol. The fourth-order valence-electron chi connectivity index (χ4n) is 4.15. The third kappa shape index (κ3) is 4.82. The molecule has 0 N–H and O–H groups in total. The predicted octanol–water partition coefficient (Wildman–Crippen LogP) is 5.61. The molecule has 166 valence electrons. The van der Waals surface area contributed by atoms with Crippen LogP contribution in [0.1, 0.15) is 64.5 Å². The summed E-state index contributed by atoms with van der Waals surface area (Å²) in [7, 11) is 4.92. The molecule has 0 atom stereocenters. The van der Waals surface area contributed by atoms with Gasteiger partial charge in [0.15, 0.2) is 17.3 Å². The number of carbonyl (C=O) groups is 1. The van der Waals surface area contributed by atoms with Crippen LogP contribution in [0.4, 0.5) is 0 Å². The average Bonchev–Trinajstić information content (AvgIpc) is 2.71. The van der Waals surface area contributed by atoms with Crippen LogP contribution < -0.4 is 14.2 Å². The van der Waals surface area contributed by atoms with E-state index in [0.717, 1.165) is 34.4 Å². The second kappa shape index (κ2) is 10.1. The van der Waals surface area contributed by atoms with E-state index in [-0.39, 0.29) is 17.1 Å². The van der Waals surface area contributed by atoms with E-state index in [1.807, 2.05) is 19.1 Å². The van der Waals surface area contributed by atoms with Gasteiger partial charge in [0, 0.05) is 29.5 Å². The highest BCUT2D eigenvalue weighted by molar-refractivity contribution is 5.98. The number of allylic oxidation sites excluding steroid dienone is 3. The minimum Gasteiger partial charge on any atom is -0.501 e. The molecule has 0 amide bonds. The van der Waals surface area contributed by atoms with Crippen LogP contribution in [0.5, 0.6) is 17.2 Å². The maximum absolute atomic E-state index is 13.0. The van der Waals surface area contributed by atoms with Gasteiger partial charge in [-0.25, -0.2) is 0 Å². The molecule has 5 nitrogen and oxygen atoms in total. The van der Waals surface area contributed by atoms with Gasteiger partial charge >= 0.3 is 0 Å². The minimum absolute atomic E-state index is 0.115. The third-order valence-electron chi connectivity index (χ3n) is 5.75. The first-order chi connectivity index (χ1) is 14.2. The summed E-state index contributed by atoms with van der Waals surface area (Å²) in [6, 6.07) is 1.97. The lowest BCUT2D eigenvalue weighted by Gasteiger charge is -2.33. The van der Waals surface area contributed by atoms with Crippen molar-refractivity contribution in [3.63, 3.8) is 0 Å². The molecular formula is C25H36O5. The molecule has 0 aliphatic heterocycles. The summed E-state index contributed by atoms with van der Waals surface area (Å²) in [6.45, 7) is 11.1. The Bertz CT molecular complexity index is 830. The molecule has 0 unspecified atom stereocenters. The second-order valence-electron chi connectivity index (χ2n) is 8.51. The quantitative estimate of drug-likeness (QED) is 0.490. The van der Waals surface area contributed by atoms with E-state index in [9.17, 15) is 4.79 Å². The molecule has 0 heterocycles. The number of benzene rings is 1. The normalized spacial score (nSPS) is 16.4. The highest BCUT2D eigenvalue weighted by atomic mass is 16.5. The van der Waals surface area contributed by atoms with E-state index >= 15 is 0 Å². The molecule has 2 rings (SSSR count). The summed E-state index contributed by atoms with van der Waals surface area (Å²) in [6.07, 6.45) is 5.43. The molecule has 0 saturated heterocycles. The summed E-state index contributed by atoms with van der Waals surface area (Å²) in [5.74, 6) is 2.41. The van der Waals surface area contributed by atoms with Crippen molar-refractivity contribution >= 4 is 5.78 Å². The summed E-state index contributed by atoms with van der Waals surface area (Å²) in [5.41, 5.74) is 3.53. The van der Waals surface area contributed by atoms with Gasteiger partial charge in [0.05, 0.1) is 34.2 Å². The number of hydrogen-bond donors (Lipinski definition) is 0. The number of carbonyl (C=O) groups excluding carboxylic acids is 1. The number of rotatable bonds is 9. The molecule has 5 heteroatoms. The van der Waals surface area contributed by atoms with E-state index in [1.165, 1.54) is 0 Å². The van der Waals surface area contributed by atoms with Crippen molar-refractivity contribution < 1.29 is 23.7 Å². The van der Waals surface area contributed by atoms with Crippen molar-refractivity contribution in [1.29, 1.82) is 0 Å². The molecule has 1 aliphatic carbocycles. The Hall–Kier alpha value is -2.43. The molecule has 1 aromatic rings. The topological polar surface area (TPSA) is 54.0 Å². The maximum atomic E-state index is 13.0. The van der Waals surface area contributed by atoms with E-state index < -0.39 is 0 Å². The Morgan fingerprint density at radius 2 is 1.77 bits per heavy atom. The van der Waals surface area contributed by atoms with Gasteiger partial charge in [-0.1, -0.05) is 27.7 Å². The fourth-order valence-corrected chi connectivity index (χ4v) is 4.15. The molecule has 0 bridgehead atoms. The molecule has 0 aromatic heterocycles. The molecular weight excluding hydrogens is 380 g/mol. The van der Waals surface area contributed by atoms with Crippen molar-refractivity contribution in [2.24, 2.45) is 5.41 Å². The average molecular weight is 417 g/mol. The Morgan fingerprint density at radius 1 is 1.10 bits per heavy atom. The first-order valence-electron chi connectivity index (χ1n) is 10.6. The highest BCUT2D eigenvalue weighted by Crippen LogP contribution is 2.47. The fraction of sp³-hybridized carbons (Fsp3) is 0.560.